The Hall–Kier alpha value is -3.49. The molecule has 1 aliphatic heterocycles. The van der Waals surface area contributed by atoms with E-state index in [-0.39, 0.29) is 18.1 Å². The molecule has 0 bridgehead atoms. The number of morpholine rings is 1. The number of carbonyl (C=O) groups excluding carboxylic acids is 1. The van der Waals surface area contributed by atoms with Crippen LogP contribution in [0.2, 0.25) is 0 Å². The number of pyridine rings is 1. The molecule has 5 rings (SSSR count). The Kier molecular flexibility index (Phi) is 6.17. The van der Waals surface area contributed by atoms with Crippen LogP contribution in [0.3, 0.4) is 0 Å². The van der Waals surface area contributed by atoms with Gasteiger partial charge in [-0.1, -0.05) is 24.3 Å². The normalized spacial score (nSPS) is 18.1. The Morgan fingerprint density at radius 3 is 2.59 bits per heavy atom. The van der Waals surface area contributed by atoms with Crippen LogP contribution < -0.4 is 15.0 Å². The number of benzene rings is 2. The summed E-state index contributed by atoms with van der Waals surface area (Å²) >= 11 is 1.47. The first-order valence-corrected chi connectivity index (χ1v) is 12.0. The average Bonchev–Trinajstić information content (AvgIpc) is 3.27. The minimum atomic E-state index is -0.221. The minimum Gasteiger partial charge on any atom is -0.496 e. The summed E-state index contributed by atoms with van der Waals surface area (Å²) in [7, 11) is 1.57. The molecule has 1 saturated heterocycles. The summed E-state index contributed by atoms with van der Waals surface area (Å²) in [5, 5.41) is 3.98. The molecular formula is C26H26N4O3S. The van der Waals surface area contributed by atoms with Gasteiger partial charge in [0.05, 0.1) is 24.9 Å². The molecule has 1 amide bonds. The maximum Gasteiger partial charge on any atom is 0.259 e. The lowest BCUT2D eigenvalue weighted by molar-refractivity contribution is -0.00494. The van der Waals surface area contributed by atoms with Crippen LogP contribution in [-0.2, 0) is 4.74 Å². The maximum absolute atomic E-state index is 12.8. The molecule has 0 radical (unpaired) electrons. The Morgan fingerprint density at radius 1 is 1.09 bits per heavy atom. The van der Waals surface area contributed by atoms with Gasteiger partial charge in [0.15, 0.2) is 0 Å². The van der Waals surface area contributed by atoms with Crippen molar-refractivity contribution in [3.05, 3.63) is 66.4 Å². The van der Waals surface area contributed by atoms with E-state index >= 15 is 0 Å². The van der Waals surface area contributed by atoms with Gasteiger partial charge in [0, 0.05) is 30.5 Å². The molecule has 8 heteroatoms. The molecule has 7 nitrogen and oxygen atoms in total. The smallest absolute Gasteiger partial charge is 0.259 e. The molecule has 2 aromatic heterocycles. The SMILES string of the molecule is COc1cc(-c2cnc3c(N4C[C@@H](C)O[C@@H](C)C4)snc3c2)ccc1C(=O)Nc1ccccc1. The van der Waals surface area contributed by atoms with Crippen LogP contribution in [0.5, 0.6) is 5.75 Å². The number of hydrogen-bond donors (Lipinski definition) is 1. The Bertz CT molecular complexity index is 1310. The zero-order valence-electron chi connectivity index (χ0n) is 19.3. The lowest BCUT2D eigenvalue weighted by atomic mass is 10.0. The first-order valence-electron chi connectivity index (χ1n) is 11.2. The summed E-state index contributed by atoms with van der Waals surface area (Å²) in [6.07, 6.45) is 2.20. The van der Waals surface area contributed by atoms with E-state index in [0.29, 0.717) is 11.3 Å². The van der Waals surface area contributed by atoms with E-state index in [4.69, 9.17) is 14.5 Å². The number of amides is 1. The molecule has 1 aliphatic rings. The number of ether oxygens (including phenoxy) is 2. The van der Waals surface area contributed by atoms with Crippen molar-refractivity contribution in [3.8, 4) is 16.9 Å². The second kappa shape index (κ2) is 9.40. The maximum atomic E-state index is 12.8. The number of fused-ring (bicyclic) bond motifs is 1. The summed E-state index contributed by atoms with van der Waals surface area (Å²) in [6, 6.07) is 16.9. The molecule has 0 spiro atoms. The van der Waals surface area contributed by atoms with Gasteiger partial charge in [-0.05, 0) is 61.3 Å². The number of anilines is 2. The number of hydrogen-bond acceptors (Lipinski definition) is 7. The van der Waals surface area contributed by atoms with Crippen LogP contribution in [-0.4, -0.2) is 47.7 Å². The highest BCUT2D eigenvalue weighted by atomic mass is 32.1. The monoisotopic (exact) mass is 474 g/mol. The van der Waals surface area contributed by atoms with E-state index in [9.17, 15) is 4.79 Å². The van der Waals surface area contributed by atoms with Crippen molar-refractivity contribution in [2.75, 3.05) is 30.4 Å². The van der Waals surface area contributed by atoms with E-state index in [0.717, 1.165) is 45.9 Å². The summed E-state index contributed by atoms with van der Waals surface area (Å²) in [5.74, 6) is 0.280. The fourth-order valence-corrected chi connectivity index (χ4v) is 5.14. The molecule has 0 saturated carbocycles. The lowest BCUT2D eigenvalue weighted by Gasteiger charge is -2.35. The number of nitrogens with zero attached hydrogens (tertiary/aromatic N) is 3. The highest BCUT2D eigenvalue weighted by Crippen LogP contribution is 2.35. The third kappa shape index (κ3) is 4.47. The molecule has 34 heavy (non-hydrogen) atoms. The summed E-state index contributed by atoms with van der Waals surface area (Å²) in [5.41, 5.74) is 4.79. The van der Waals surface area contributed by atoms with E-state index < -0.39 is 0 Å². The molecular weight excluding hydrogens is 448 g/mol. The standard InChI is InChI=1S/C26H26N4O3S/c1-16-14-30(15-17(2)33-16)26-24-22(29-34-26)11-19(13-27-24)18-9-10-21(23(12-18)32-3)25(31)28-20-7-5-4-6-8-20/h4-13,16-17H,14-15H2,1-3H3,(H,28,31)/t16-,17+. The highest BCUT2D eigenvalue weighted by Gasteiger charge is 2.25. The molecule has 4 aromatic rings. The molecule has 0 aliphatic carbocycles. The number of para-hydroxylation sites is 1. The van der Waals surface area contributed by atoms with Gasteiger partial charge in [0.1, 0.15) is 21.8 Å². The molecule has 2 aromatic carbocycles. The minimum absolute atomic E-state index is 0.172. The van der Waals surface area contributed by atoms with Gasteiger partial charge in [0.2, 0.25) is 0 Å². The summed E-state index contributed by atoms with van der Waals surface area (Å²) in [4.78, 5) is 19.9. The third-order valence-corrected chi connectivity index (χ3v) is 6.73. The van der Waals surface area contributed by atoms with Crippen molar-refractivity contribution < 1.29 is 14.3 Å². The van der Waals surface area contributed by atoms with Crippen LogP contribution in [0.15, 0.2) is 60.8 Å². The fraction of sp³-hybridized carbons (Fsp3) is 0.269. The fourth-order valence-electron chi connectivity index (χ4n) is 4.31. The van der Waals surface area contributed by atoms with Crippen LogP contribution in [0.25, 0.3) is 22.2 Å². The largest absolute Gasteiger partial charge is 0.496 e. The van der Waals surface area contributed by atoms with Gasteiger partial charge in [-0.2, -0.15) is 4.37 Å². The van der Waals surface area contributed by atoms with Crippen molar-refractivity contribution in [2.24, 2.45) is 0 Å². The second-order valence-electron chi connectivity index (χ2n) is 8.48. The Morgan fingerprint density at radius 2 is 1.85 bits per heavy atom. The van der Waals surface area contributed by atoms with Gasteiger partial charge in [-0.3, -0.25) is 9.78 Å². The van der Waals surface area contributed by atoms with E-state index in [2.05, 4.69) is 28.4 Å². The van der Waals surface area contributed by atoms with Crippen molar-refractivity contribution in [2.45, 2.75) is 26.1 Å². The highest BCUT2D eigenvalue weighted by molar-refractivity contribution is 7.11. The molecule has 0 unspecified atom stereocenters. The zero-order valence-corrected chi connectivity index (χ0v) is 20.1. The van der Waals surface area contributed by atoms with Crippen molar-refractivity contribution in [3.63, 3.8) is 0 Å². The van der Waals surface area contributed by atoms with Crippen LogP contribution >= 0.6 is 11.5 Å². The molecule has 174 valence electrons. The van der Waals surface area contributed by atoms with Gasteiger partial charge in [0.25, 0.3) is 5.91 Å². The molecule has 1 fully saturated rings. The predicted molar refractivity (Wildman–Crippen MR) is 136 cm³/mol. The van der Waals surface area contributed by atoms with Crippen molar-refractivity contribution >= 4 is 39.2 Å². The Balaban J connectivity index is 1.41. The van der Waals surface area contributed by atoms with Gasteiger partial charge in [-0.15, -0.1) is 0 Å². The quantitative estimate of drug-likeness (QED) is 0.427. The molecule has 2 atom stereocenters. The van der Waals surface area contributed by atoms with Crippen molar-refractivity contribution in [1.82, 2.24) is 9.36 Å². The van der Waals surface area contributed by atoms with E-state index in [1.807, 2.05) is 54.7 Å². The van der Waals surface area contributed by atoms with Crippen molar-refractivity contribution in [1.29, 1.82) is 0 Å². The summed E-state index contributed by atoms with van der Waals surface area (Å²) < 4.78 is 16.1. The zero-order chi connectivity index (χ0) is 23.7. The number of rotatable bonds is 5. The van der Waals surface area contributed by atoms with E-state index in [1.165, 1.54) is 11.5 Å². The number of aromatic nitrogens is 2. The Labute approximate surface area is 202 Å². The first kappa shape index (κ1) is 22.3. The van der Waals surface area contributed by atoms with Gasteiger partial charge >= 0.3 is 0 Å². The molecule has 3 heterocycles. The predicted octanol–water partition coefficient (Wildman–Crippen LogP) is 5.23. The van der Waals surface area contributed by atoms with Crippen LogP contribution in [0, 0.1) is 0 Å². The van der Waals surface area contributed by atoms with Gasteiger partial charge < -0.3 is 19.7 Å². The lowest BCUT2D eigenvalue weighted by Crippen LogP contribution is -2.45. The number of methoxy groups -OCH3 is 1. The number of carbonyl (C=O) groups is 1. The molecule has 1 N–H and O–H groups in total. The first-order chi connectivity index (χ1) is 16.5. The van der Waals surface area contributed by atoms with Crippen LogP contribution in [0.4, 0.5) is 10.7 Å². The second-order valence-corrected chi connectivity index (χ2v) is 9.23. The van der Waals surface area contributed by atoms with Crippen LogP contribution in [0.1, 0.15) is 24.2 Å². The average molecular weight is 475 g/mol. The topological polar surface area (TPSA) is 76.6 Å². The van der Waals surface area contributed by atoms with E-state index in [1.54, 1.807) is 13.2 Å². The summed E-state index contributed by atoms with van der Waals surface area (Å²) in [6.45, 7) is 5.84. The van der Waals surface area contributed by atoms with Gasteiger partial charge in [-0.25, -0.2) is 0 Å². The third-order valence-electron chi connectivity index (χ3n) is 5.82. The number of nitrogens with one attached hydrogen (secondary N) is 1.